The first kappa shape index (κ1) is 22.3. The van der Waals surface area contributed by atoms with Crippen LogP contribution in [-0.2, 0) is 24.2 Å². The van der Waals surface area contributed by atoms with Gasteiger partial charge in [-0.25, -0.2) is 4.98 Å². The average Bonchev–Trinajstić information content (AvgIpc) is 3.39. The number of amides is 1. The summed E-state index contributed by atoms with van der Waals surface area (Å²) >= 11 is 8.53. The Kier molecular flexibility index (Phi) is 8.24. The van der Waals surface area contributed by atoms with E-state index in [9.17, 15) is 9.59 Å². The molecule has 9 heteroatoms. The van der Waals surface area contributed by atoms with Crippen molar-refractivity contribution >= 4 is 57.0 Å². The molecule has 1 amide bonds. The van der Waals surface area contributed by atoms with Crippen molar-refractivity contribution in [3.05, 3.63) is 62.8 Å². The number of carbonyl (C=O) groups is 2. The molecule has 3 aromatic rings. The smallest absolute Gasteiger partial charge is 0.303 e. The first-order chi connectivity index (χ1) is 14.5. The van der Waals surface area contributed by atoms with Crippen LogP contribution in [-0.4, -0.2) is 27.8 Å². The Bertz CT molecular complexity index is 1000. The molecule has 0 atom stereocenters. The number of carboxylic acid groups (broad SMARTS) is 1. The zero-order chi connectivity index (χ0) is 21.3. The number of nitrogens with one attached hydrogen (secondary N) is 2. The lowest BCUT2D eigenvalue weighted by Crippen LogP contribution is -2.10. The molecule has 30 heavy (non-hydrogen) atoms. The van der Waals surface area contributed by atoms with Gasteiger partial charge in [0.05, 0.1) is 17.0 Å². The first-order valence-electron chi connectivity index (χ1n) is 9.49. The zero-order valence-electron chi connectivity index (χ0n) is 16.2. The third kappa shape index (κ3) is 6.55. The SMILES string of the molecule is O=C(O)CCc1csc(NC(=O)c2ccc(CNc3ccccc3CCCCl)s2)n1. The first-order valence-corrected chi connectivity index (χ1v) is 11.7. The second-order valence-electron chi connectivity index (χ2n) is 6.56. The molecule has 0 saturated heterocycles. The highest BCUT2D eigenvalue weighted by Gasteiger charge is 2.13. The fraction of sp³-hybridized carbons (Fsp3) is 0.286. The number of rotatable bonds is 11. The number of thiazole rings is 1. The van der Waals surface area contributed by atoms with E-state index in [1.165, 1.54) is 28.2 Å². The van der Waals surface area contributed by atoms with Gasteiger partial charge in [0.2, 0.25) is 0 Å². The third-order valence-corrected chi connectivity index (χ3v) is 6.46. The molecular weight excluding hydrogens is 442 g/mol. The van der Waals surface area contributed by atoms with Crippen molar-refractivity contribution < 1.29 is 14.7 Å². The Labute approximate surface area is 187 Å². The highest BCUT2D eigenvalue weighted by molar-refractivity contribution is 7.15. The maximum atomic E-state index is 12.5. The lowest BCUT2D eigenvalue weighted by atomic mass is 10.1. The number of benzene rings is 1. The van der Waals surface area contributed by atoms with Crippen LogP contribution in [0.15, 0.2) is 41.8 Å². The standard InChI is InChI=1S/C21H22ClN3O3S2/c22-11-3-5-14-4-1-2-6-17(14)23-12-16-8-9-18(30-16)20(28)25-21-24-15(13-29-21)7-10-19(26)27/h1-2,4,6,8-9,13,23H,3,5,7,10-12H2,(H,26,27)(H,24,25,28). The second kappa shape index (κ2) is 11.1. The number of aliphatic carboxylic acids is 1. The minimum atomic E-state index is -0.866. The van der Waals surface area contributed by atoms with E-state index < -0.39 is 5.97 Å². The normalized spacial score (nSPS) is 10.7. The Hall–Kier alpha value is -2.42. The predicted molar refractivity (Wildman–Crippen MR) is 123 cm³/mol. The fourth-order valence-corrected chi connectivity index (χ4v) is 4.53. The van der Waals surface area contributed by atoms with Crippen LogP contribution in [0.2, 0.25) is 0 Å². The topological polar surface area (TPSA) is 91.3 Å². The number of thiophene rings is 1. The minimum absolute atomic E-state index is 0.0212. The van der Waals surface area contributed by atoms with Crippen LogP contribution < -0.4 is 10.6 Å². The number of alkyl halides is 1. The number of para-hydroxylation sites is 1. The van der Waals surface area contributed by atoms with E-state index in [0.717, 1.165) is 23.4 Å². The van der Waals surface area contributed by atoms with Gasteiger partial charge in [0.25, 0.3) is 5.91 Å². The third-order valence-electron chi connectivity index (χ3n) is 4.30. The van der Waals surface area contributed by atoms with Gasteiger partial charge in [-0.05, 0) is 36.6 Å². The van der Waals surface area contributed by atoms with E-state index in [4.69, 9.17) is 16.7 Å². The monoisotopic (exact) mass is 463 g/mol. The molecule has 3 rings (SSSR count). The van der Waals surface area contributed by atoms with Gasteiger partial charge >= 0.3 is 5.97 Å². The van der Waals surface area contributed by atoms with Crippen LogP contribution in [0.25, 0.3) is 0 Å². The summed E-state index contributed by atoms with van der Waals surface area (Å²) in [6, 6.07) is 11.9. The van der Waals surface area contributed by atoms with E-state index in [-0.39, 0.29) is 12.3 Å². The number of hydrogen-bond donors (Lipinski definition) is 3. The van der Waals surface area contributed by atoms with Crippen molar-refractivity contribution in [2.24, 2.45) is 0 Å². The van der Waals surface area contributed by atoms with Crippen LogP contribution in [0.4, 0.5) is 10.8 Å². The summed E-state index contributed by atoms with van der Waals surface area (Å²) in [5.41, 5.74) is 2.98. The van der Waals surface area contributed by atoms with Crippen LogP contribution in [0.5, 0.6) is 0 Å². The molecule has 2 aromatic heterocycles. The van der Waals surface area contributed by atoms with E-state index in [1.807, 2.05) is 18.2 Å². The van der Waals surface area contributed by atoms with Crippen molar-refractivity contribution in [3.8, 4) is 0 Å². The molecule has 0 unspecified atom stereocenters. The predicted octanol–water partition coefficient (Wildman–Crippen LogP) is 5.26. The molecule has 0 saturated carbocycles. The molecule has 6 nitrogen and oxygen atoms in total. The molecular formula is C21H22ClN3O3S2. The Balaban J connectivity index is 1.55. The maximum Gasteiger partial charge on any atom is 0.303 e. The molecule has 1 aromatic carbocycles. The Morgan fingerprint density at radius 3 is 2.77 bits per heavy atom. The molecule has 0 aliphatic rings. The Morgan fingerprint density at radius 2 is 1.97 bits per heavy atom. The summed E-state index contributed by atoms with van der Waals surface area (Å²) in [7, 11) is 0. The molecule has 0 radical (unpaired) electrons. The molecule has 0 fully saturated rings. The van der Waals surface area contributed by atoms with Gasteiger partial charge in [-0.2, -0.15) is 0 Å². The summed E-state index contributed by atoms with van der Waals surface area (Å²) in [6.45, 7) is 0.631. The average molecular weight is 464 g/mol. The summed E-state index contributed by atoms with van der Waals surface area (Å²) in [5, 5.41) is 17.2. The van der Waals surface area contributed by atoms with Gasteiger partial charge in [0.15, 0.2) is 5.13 Å². The van der Waals surface area contributed by atoms with Crippen molar-refractivity contribution in [3.63, 3.8) is 0 Å². The van der Waals surface area contributed by atoms with Crippen LogP contribution >= 0.6 is 34.3 Å². The van der Waals surface area contributed by atoms with Crippen LogP contribution in [0.1, 0.15) is 38.6 Å². The number of anilines is 2. The zero-order valence-corrected chi connectivity index (χ0v) is 18.6. The van der Waals surface area contributed by atoms with E-state index >= 15 is 0 Å². The van der Waals surface area contributed by atoms with Crippen molar-refractivity contribution in [1.82, 2.24) is 4.98 Å². The van der Waals surface area contributed by atoms with E-state index in [2.05, 4.69) is 27.8 Å². The number of aryl methyl sites for hydroxylation is 2. The largest absolute Gasteiger partial charge is 0.481 e. The lowest BCUT2D eigenvalue weighted by Gasteiger charge is -2.10. The quantitative estimate of drug-likeness (QED) is 0.337. The van der Waals surface area contributed by atoms with E-state index in [1.54, 1.807) is 11.4 Å². The highest BCUT2D eigenvalue weighted by atomic mass is 35.5. The molecule has 158 valence electrons. The summed E-state index contributed by atoms with van der Waals surface area (Å²) in [4.78, 5) is 29.1. The molecule has 0 bridgehead atoms. The van der Waals surface area contributed by atoms with Gasteiger partial charge < -0.3 is 10.4 Å². The van der Waals surface area contributed by atoms with Crippen LogP contribution in [0, 0.1) is 0 Å². The summed E-state index contributed by atoms with van der Waals surface area (Å²) in [5.74, 6) is -0.444. The maximum absolute atomic E-state index is 12.5. The van der Waals surface area contributed by atoms with E-state index in [0.29, 0.717) is 34.5 Å². The molecule has 0 spiro atoms. The Morgan fingerprint density at radius 1 is 1.13 bits per heavy atom. The molecule has 0 aliphatic carbocycles. The molecule has 0 aliphatic heterocycles. The molecule has 2 heterocycles. The molecule has 3 N–H and O–H groups in total. The summed E-state index contributed by atoms with van der Waals surface area (Å²) < 4.78 is 0. The highest BCUT2D eigenvalue weighted by Crippen LogP contribution is 2.23. The number of hydrogen-bond acceptors (Lipinski definition) is 6. The number of aromatic nitrogens is 1. The number of halogens is 1. The number of nitrogens with zero attached hydrogens (tertiary/aromatic N) is 1. The number of carboxylic acids is 1. The van der Waals surface area contributed by atoms with Gasteiger partial charge in [0.1, 0.15) is 0 Å². The van der Waals surface area contributed by atoms with Gasteiger partial charge in [0, 0.05) is 34.8 Å². The van der Waals surface area contributed by atoms with Gasteiger partial charge in [-0.1, -0.05) is 18.2 Å². The van der Waals surface area contributed by atoms with Crippen LogP contribution in [0.3, 0.4) is 0 Å². The number of carbonyl (C=O) groups excluding carboxylic acids is 1. The summed E-state index contributed by atoms with van der Waals surface area (Å²) in [6.07, 6.45) is 2.22. The van der Waals surface area contributed by atoms with Crippen molar-refractivity contribution in [2.75, 3.05) is 16.5 Å². The fourth-order valence-electron chi connectivity index (χ4n) is 2.82. The van der Waals surface area contributed by atoms with Gasteiger partial charge in [-0.15, -0.1) is 34.3 Å². The minimum Gasteiger partial charge on any atom is -0.481 e. The van der Waals surface area contributed by atoms with Crippen molar-refractivity contribution in [2.45, 2.75) is 32.2 Å². The lowest BCUT2D eigenvalue weighted by molar-refractivity contribution is -0.136. The van der Waals surface area contributed by atoms with Crippen molar-refractivity contribution in [1.29, 1.82) is 0 Å². The second-order valence-corrected chi connectivity index (χ2v) is 8.97. The van der Waals surface area contributed by atoms with Gasteiger partial charge in [-0.3, -0.25) is 14.9 Å².